The molecule has 0 aliphatic carbocycles. The quantitative estimate of drug-likeness (QED) is 0.643. The summed E-state index contributed by atoms with van der Waals surface area (Å²) in [6.07, 6.45) is 5.20. The van der Waals surface area contributed by atoms with Gasteiger partial charge in [-0.15, -0.1) is 0 Å². The first-order valence-electron chi connectivity index (χ1n) is 5.95. The molecule has 0 aliphatic heterocycles. The van der Waals surface area contributed by atoms with Crippen LogP contribution in [0.25, 0.3) is 0 Å². The van der Waals surface area contributed by atoms with Crippen molar-refractivity contribution >= 4 is 0 Å². The third-order valence-corrected chi connectivity index (χ3v) is 2.65. The Balaban J connectivity index is 2.60. The molecule has 1 heteroatoms. The standard InChI is InChI=1S/C14H23N/c1-4-5-6-9-13-10-7-8-11-14(13)12-15(2)3/h7-8,10-11H,4-6,9,12H2,1-3H3. The lowest BCUT2D eigenvalue weighted by molar-refractivity contribution is 0.400. The van der Waals surface area contributed by atoms with Crippen molar-refractivity contribution in [1.82, 2.24) is 4.90 Å². The van der Waals surface area contributed by atoms with Crippen LogP contribution in [0.15, 0.2) is 24.3 Å². The Morgan fingerprint density at radius 1 is 1.00 bits per heavy atom. The predicted molar refractivity (Wildman–Crippen MR) is 67.1 cm³/mol. The van der Waals surface area contributed by atoms with E-state index in [4.69, 9.17) is 0 Å². The first-order chi connectivity index (χ1) is 7.24. The van der Waals surface area contributed by atoms with Gasteiger partial charge in [-0.05, 0) is 38.1 Å². The molecule has 0 spiro atoms. The fourth-order valence-corrected chi connectivity index (χ4v) is 1.86. The topological polar surface area (TPSA) is 3.24 Å². The third-order valence-electron chi connectivity index (χ3n) is 2.65. The highest BCUT2D eigenvalue weighted by atomic mass is 15.0. The molecule has 0 aromatic heterocycles. The summed E-state index contributed by atoms with van der Waals surface area (Å²) in [4.78, 5) is 2.23. The summed E-state index contributed by atoms with van der Waals surface area (Å²) in [6, 6.07) is 8.82. The summed E-state index contributed by atoms with van der Waals surface area (Å²) in [6.45, 7) is 3.31. The summed E-state index contributed by atoms with van der Waals surface area (Å²) in [5, 5.41) is 0. The lowest BCUT2D eigenvalue weighted by Gasteiger charge is -2.13. The third kappa shape index (κ3) is 4.48. The molecule has 0 heterocycles. The molecule has 15 heavy (non-hydrogen) atoms. The Kier molecular flexibility index (Phi) is 5.41. The highest BCUT2D eigenvalue weighted by molar-refractivity contribution is 5.27. The van der Waals surface area contributed by atoms with Crippen LogP contribution in [-0.2, 0) is 13.0 Å². The number of hydrogen-bond donors (Lipinski definition) is 0. The lowest BCUT2D eigenvalue weighted by atomic mass is 10.0. The molecule has 0 bridgehead atoms. The van der Waals surface area contributed by atoms with E-state index in [2.05, 4.69) is 50.2 Å². The van der Waals surface area contributed by atoms with E-state index in [1.807, 2.05) is 0 Å². The van der Waals surface area contributed by atoms with E-state index in [9.17, 15) is 0 Å². The van der Waals surface area contributed by atoms with E-state index in [0.717, 1.165) is 6.54 Å². The zero-order valence-electron chi connectivity index (χ0n) is 10.3. The molecule has 0 unspecified atom stereocenters. The molecule has 1 aromatic rings. The zero-order valence-corrected chi connectivity index (χ0v) is 10.3. The van der Waals surface area contributed by atoms with Crippen LogP contribution in [0.2, 0.25) is 0 Å². The van der Waals surface area contributed by atoms with Crippen LogP contribution in [0.3, 0.4) is 0 Å². The average molecular weight is 205 g/mol. The van der Waals surface area contributed by atoms with Crippen molar-refractivity contribution in [3.05, 3.63) is 35.4 Å². The van der Waals surface area contributed by atoms with Gasteiger partial charge in [0.25, 0.3) is 0 Å². The van der Waals surface area contributed by atoms with Crippen LogP contribution >= 0.6 is 0 Å². The van der Waals surface area contributed by atoms with Crippen molar-refractivity contribution in [3.63, 3.8) is 0 Å². The molecule has 0 amide bonds. The summed E-state index contributed by atoms with van der Waals surface area (Å²) < 4.78 is 0. The highest BCUT2D eigenvalue weighted by Crippen LogP contribution is 2.13. The van der Waals surface area contributed by atoms with Gasteiger partial charge in [0.15, 0.2) is 0 Å². The first-order valence-corrected chi connectivity index (χ1v) is 5.95. The second-order valence-corrected chi connectivity index (χ2v) is 4.46. The van der Waals surface area contributed by atoms with Crippen molar-refractivity contribution in [2.75, 3.05) is 14.1 Å². The summed E-state index contributed by atoms with van der Waals surface area (Å²) in [5.74, 6) is 0. The van der Waals surface area contributed by atoms with E-state index >= 15 is 0 Å². The number of benzene rings is 1. The van der Waals surface area contributed by atoms with Crippen molar-refractivity contribution in [3.8, 4) is 0 Å². The molecule has 0 radical (unpaired) electrons. The smallest absolute Gasteiger partial charge is 0.0230 e. The Morgan fingerprint density at radius 3 is 2.27 bits per heavy atom. The molecule has 0 fully saturated rings. The molecular formula is C14H23N. The number of unbranched alkanes of at least 4 members (excludes halogenated alkanes) is 2. The summed E-state index contributed by atoms with van der Waals surface area (Å²) in [5.41, 5.74) is 3.01. The molecule has 0 atom stereocenters. The average Bonchev–Trinajstić information content (AvgIpc) is 2.20. The van der Waals surface area contributed by atoms with Crippen LogP contribution in [0.4, 0.5) is 0 Å². The largest absolute Gasteiger partial charge is 0.305 e. The van der Waals surface area contributed by atoms with Gasteiger partial charge in [-0.25, -0.2) is 0 Å². The predicted octanol–water partition coefficient (Wildman–Crippen LogP) is 3.48. The fourth-order valence-electron chi connectivity index (χ4n) is 1.86. The number of nitrogens with zero attached hydrogens (tertiary/aromatic N) is 1. The van der Waals surface area contributed by atoms with Crippen molar-refractivity contribution in [2.24, 2.45) is 0 Å². The zero-order chi connectivity index (χ0) is 11.1. The SMILES string of the molecule is CCCCCc1ccccc1CN(C)C. The lowest BCUT2D eigenvalue weighted by Crippen LogP contribution is -2.12. The van der Waals surface area contributed by atoms with Gasteiger partial charge in [0.2, 0.25) is 0 Å². The highest BCUT2D eigenvalue weighted by Gasteiger charge is 2.02. The van der Waals surface area contributed by atoms with E-state index in [1.54, 1.807) is 0 Å². The Bertz CT molecular complexity index is 278. The minimum Gasteiger partial charge on any atom is -0.305 e. The maximum absolute atomic E-state index is 2.27. The molecule has 0 N–H and O–H groups in total. The van der Waals surface area contributed by atoms with Crippen molar-refractivity contribution < 1.29 is 0 Å². The first kappa shape index (κ1) is 12.3. The maximum atomic E-state index is 2.27. The van der Waals surface area contributed by atoms with Crippen LogP contribution in [-0.4, -0.2) is 19.0 Å². The van der Waals surface area contributed by atoms with Gasteiger partial charge in [0, 0.05) is 6.54 Å². The number of hydrogen-bond acceptors (Lipinski definition) is 1. The van der Waals surface area contributed by atoms with Gasteiger partial charge < -0.3 is 4.90 Å². The van der Waals surface area contributed by atoms with Gasteiger partial charge >= 0.3 is 0 Å². The molecule has 0 saturated carbocycles. The fraction of sp³-hybridized carbons (Fsp3) is 0.571. The van der Waals surface area contributed by atoms with Gasteiger partial charge in [0.1, 0.15) is 0 Å². The minimum atomic E-state index is 1.06. The van der Waals surface area contributed by atoms with Crippen molar-refractivity contribution in [2.45, 2.75) is 39.2 Å². The summed E-state index contributed by atoms with van der Waals surface area (Å²) in [7, 11) is 4.26. The Labute approximate surface area is 94.1 Å². The monoisotopic (exact) mass is 205 g/mol. The van der Waals surface area contributed by atoms with Crippen LogP contribution < -0.4 is 0 Å². The second kappa shape index (κ2) is 6.62. The number of rotatable bonds is 6. The number of aryl methyl sites for hydroxylation is 1. The molecule has 0 aliphatic rings. The Hall–Kier alpha value is -0.820. The van der Waals surface area contributed by atoms with Crippen LogP contribution in [0.1, 0.15) is 37.3 Å². The van der Waals surface area contributed by atoms with Gasteiger partial charge in [0.05, 0.1) is 0 Å². The van der Waals surface area contributed by atoms with Gasteiger partial charge in [-0.1, -0.05) is 44.0 Å². The van der Waals surface area contributed by atoms with Crippen molar-refractivity contribution in [1.29, 1.82) is 0 Å². The van der Waals surface area contributed by atoms with E-state index in [0.29, 0.717) is 0 Å². The molecule has 0 saturated heterocycles. The Morgan fingerprint density at radius 2 is 1.67 bits per heavy atom. The normalized spacial score (nSPS) is 10.9. The van der Waals surface area contributed by atoms with Crippen LogP contribution in [0, 0.1) is 0 Å². The van der Waals surface area contributed by atoms with E-state index in [-0.39, 0.29) is 0 Å². The minimum absolute atomic E-state index is 1.06. The van der Waals surface area contributed by atoms with Gasteiger partial charge in [-0.3, -0.25) is 0 Å². The summed E-state index contributed by atoms with van der Waals surface area (Å²) >= 11 is 0. The maximum Gasteiger partial charge on any atom is 0.0230 e. The molecule has 84 valence electrons. The molecule has 1 aromatic carbocycles. The van der Waals surface area contributed by atoms with Crippen LogP contribution in [0.5, 0.6) is 0 Å². The second-order valence-electron chi connectivity index (χ2n) is 4.46. The molecular weight excluding hydrogens is 182 g/mol. The molecule has 1 nitrogen and oxygen atoms in total. The van der Waals surface area contributed by atoms with E-state index < -0.39 is 0 Å². The van der Waals surface area contributed by atoms with Gasteiger partial charge in [-0.2, -0.15) is 0 Å². The molecule has 1 rings (SSSR count). The van der Waals surface area contributed by atoms with E-state index in [1.165, 1.54) is 36.8 Å².